The number of nitrogens with zero attached hydrogens (tertiary/aromatic N) is 1. The van der Waals surface area contributed by atoms with E-state index in [2.05, 4.69) is 20.3 Å². The van der Waals surface area contributed by atoms with Crippen LogP contribution in [-0.4, -0.2) is 15.9 Å². The maximum absolute atomic E-state index is 13.2. The number of carbonyl (C=O) groups is 1. The first kappa shape index (κ1) is 15.5. The lowest BCUT2D eigenvalue weighted by Gasteiger charge is -2.04. The van der Waals surface area contributed by atoms with Crippen molar-refractivity contribution in [1.82, 2.24) is 9.97 Å². The highest BCUT2D eigenvalue weighted by molar-refractivity contribution is 7.07. The van der Waals surface area contributed by atoms with Crippen LogP contribution in [0, 0.1) is 5.82 Å². The minimum atomic E-state index is -0.344. The summed E-state index contributed by atoms with van der Waals surface area (Å²) < 4.78 is 13.2. The highest BCUT2D eigenvalue weighted by atomic mass is 32.1. The van der Waals surface area contributed by atoms with Crippen molar-refractivity contribution in [3.05, 3.63) is 64.7 Å². The number of amides is 1. The molecule has 0 fully saturated rings. The molecule has 1 amide bonds. The number of carbonyl (C=O) groups excluding carboxylic acids is 1. The van der Waals surface area contributed by atoms with Crippen molar-refractivity contribution in [2.75, 3.05) is 5.32 Å². The molecular weight excluding hydrogens is 339 g/mol. The molecule has 25 heavy (non-hydrogen) atoms. The van der Waals surface area contributed by atoms with Crippen molar-refractivity contribution >= 4 is 34.0 Å². The SMILES string of the molecule is O=C(Cc1cccc(F)c1)Nc1ccc2[nH+]c(-c3cscn3)[nH]c2c1. The summed E-state index contributed by atoms with van der Waals surface area (Å²) in [6.07, 6.45) is 0.122. The summed E-state index contributed by atoms with van der Waals surface area (Å²) in [7, 11) is 0. The van der Waals surface area contributed by atoms with Crippen molar-refractivity contribution in [1.29, 1.82) is 0 Å². The van der Waals surface area contributed by atoms with Crippen molar-refractivity contribution in [2.45, 2.75) is 6.42 Å². The smallest absolute Gasteiger partial charge is 0.305 e. The number of rotatable bonds is 4. The Labute approximate surface area is 146 Å². The van der Waals surface area contributed by atoms with Gasteiger partial charge in [0.15, 0.2) is 16.7 Å². The van der Waals surface area contributed by atoms with E-state index >= 15 is 0 Å². The molecule has 0 aliphatic heterocycles. The van der Waals surface area contributed by atoms with E-state index in [9.17, 15) is 9.18 Å². The second-order valence-electron chi connectivity index (χ2n) is 5.61. The Morgan fingerprint density at radius 3 is 3.00 bits per heavy atom. The molecule has 0 aliphatic rings. The monoisotopic (exact) mass is 353 g/mol. The molecular formula is C18H14FN4OS+. The van der Waals surface area contributed by atoms with Gasteiger partial charge in [-0.3, -0.25) is 4.79 Å². The minimum Gasteiger partial charge on any atom is -0.326 e. The van der Waals surface area contributed by atoms with E-state index in [1.807, 2.05) is 23.6 Å². The number of H-pyrrole nitrogens is 2. The van der Waals surface area contributed by atoms with Gasteiger partial charge in [0, 0.05) is 17.1 Å². The normalized spacial score (nSPS) is 10.9. The van der Waals surface area contributed by atoms with Gasteiger partial charge in [-0.25, -0.2) is 19.3 Å². The number of thiazole rings is 1. The number of hydrogen-bond acceptors (Lipinski definition) is 3. The standard InChI is InChI=1S/C18H13FN4OS/c19-12-3-1-2-11(6-12)7-17(24)21-13-4-5-14-15(8-13)23-18(22-14)16-9-25-10-20-16/h1-6,8-10H,7H2,(H,21,24)(H,22,23)/p+1. The zero-order chi connectivity index (χ0) is 17.2. The van der Waals surface area contributed by atoms with E-state index in [4.69, 9.17) is 0 Å². The second-order valence-corrected chi connectivity index (χ2v) is 6.33. The van der Waals surface area contributed by atoms with Crippen LogP contribution in [0.15, 0.2) is 53.4 Å². The average Bonchev–Trinajstić information content (AvgIpc) is 3.23. The van der Waals surface area contributed by atoms with E-state index in [0.717, 1.165) is 22.6 Å². The lowest BCUT2D eigenvalue weighted by molar-refractivity contribution is -0.330. The molecule has 2 heterocycles. The number of halogens is 1. The van der Waals surface area contributed by atoms with E-state index < -0.39 is 0 Å². The Hall–Kier alpha value is -3.06. The fourth-order valence-electron chi connectivity index (χ4n) is 2.64. The third kappa shape index (κ3) is 3.41. The lowest BCUT2D eigenvalue weighted by Crippen LogP contribution is -2.14. The molecule has 4 rings (SSSR count). The zero-order valence-electron chi connectivity index (χ0n) is 13.0. The largest absolute Gasteiger partial charge is 0.326 e. The van der Waals surface area contributed by atoms with Gasteiger partial charge in [-0.1, -0.05) is 12.1 Å². The molecule has 4 aromatic rings. The molecule has 5 nitrogen and oxygen atoms in total. The van der Waals surface area contributed by atoms with Crippen molar-refractivity contribution in [3.63, 3.8) is 0 Å². The summed E-state index contributed by atoms with van der Waals surface area (Å²) in [6.45, 7) is 0. The van der Waals surface area contributed by atoms with Crippen molar-refractivity contribution < 1.29 is 14.2 Å². The van der Waals surface area contributed by atoms with Crippen LogP contribution in [0.3, 0.4) is 0 Å². The van der Waals surface area contributed by atoms with Gasteiger partial charge in [0.2, 0.25) is 5.91 Å². The van der Waals surface area contributed by atoms with E-state index in [-0.39, 0.29) is 18.1 Å². The van der Waals surface area contributed by atoms with E-state index in [1.165, 1.54) is 23.5 Å². The van der Waals surface area contributed by atoms with Crippen molar-refractivity contribution in [2.24, 2.45) is 0 Å². The van der Waals surface area contributed by atoms with Crippen LogP contribution in [0.5, 0.6) is 0 Å². The van der Waals surface area contributed by atoms with Gasteiger partial charge < -0.3 is 5.32 Å². The number of hydrogen-bond donors (Lipinski definition) is 2. The molecule has 2 aromatic heterocycles. The molecule has 0 saturated carbocycles. The number of anilines is 1. The summed E-state index contributed by atoms with van der Waals surface area (Å²) in [5, 5.41) is 4.78. The fourth-order valence-corrected chi connectivity index (χ4v) is 3.18. The Morgan fingerprint density at radius 2 is 2.20 bits per heavy atom. The van der Waals surface area contributed by atoms with E-state index in [1.54, 1.807) is 17.6 Å². The summed E-state index contributed by atoms with van der Waals surface area (Å²) >= 11 is 1.52. The maximum atomic E-state index is 13.2. The molecule has 124 valence electrons. The maximum Gasteiger partial charge on any atom is 0.305 e. The Bertz CT molecular complexity index is 1040. The molecule has 0 aliphatic carbocycles. The summed E-state index contributed by atoms with van der Waals surface area (Å²) in [5.41, 5.74) is 5.72. The predicted molar refractivity (Wildman–Crippen MR) is 94.7 cm³/mol. The molecule has 0 radical (unpaired) electrons. The topological polar surface area (TPSA) is 71.9 Å². The van der Waals surface area contributed by atoms with Crippen LogP contribution in [0.1, 0.15) is 5.56 Å². The summed E-state index contributed by atoms with van der Waals surface area (Å²) in [5.74, 6) is 0.280. The third-order valence-electron chi connectivity index (χ3n) is 3.76. The van der Waals surface area contributed by atoms with E-state index in [0.29, 0.717) is 11.3 Å². The first-order valence-corrected chi connectivity index (χ1v) is 8.59. The average molecular weight is 353 g/mol. The van der Waals surface area contributed by atoms with Gasteiger partial charge in [0.1, 0.15) is 5.82 Å². The summed E-state index contributed by atoms with van der Waals surface area (Å²) in [6, 6.07) is 11.6. The van der Waals surface area contributed by atoms with Crippen LogP contribution >= 0.6 is 11.3 Å². The van der Waals surface area contributed by atoms with Gasteiger partial charge in [0.25, 0.3) is 0 Å². The van der Waals surface area contributed by atoms with Gasteiger partial charge in [-0.2, -0.15) is 0 Å². The minimum absolute atomic E-state index is 0.122. The number of imidazole rings is 1. The third-order valence-corrected chi connectivity index (χ3v) is 4.35. The first-order valence-electron chi connectivity index (χ1n) is 7.65. The highest BCUT2D eigenvalue weighted by Crippen LogP contribution is 2.20. The van der Waals surface area contributed by atoms with Gasteiger partial charge in [-0.15, -0.1) is 11.3 Å². The Morgan fingerprint density at radius 1 is 1.28 bits per heavy atom. The number of aromatic nitrogens is 3. The quantitative estimate of drug-likeness (QED) is 0.590. The molecule has 0 saturated heterocycles. The number of aromatic amines is 2. The second kappa shape index (κ2) is 6.45. The molecule has 2 aromatic carbocycles. The van der Waals surface area contributed by atoms with Gasteiger partial charge in [0.05, 0.1) is 11.9 Å². The number of fused-ring (bicyclic) bond motifs is 1. The van der Waals surface area contributed by atoms with Crippen LogP contribution < -0.4 is 10.3 Å². The summed E-state index contributed by atoms with van der Waals surface area (Å²) in [4.78, 5) is 22.9. The molecule has 0 spiro atoms. The van der Waals surface area contributed by atoms with Crippen LogP contribution in [0.25, 0.3) is 22.6 Å². The molecule has 0 atom stereocenters. The first-order chi connectivity index (χ1) is 12.2. The molecule has 0 bridgehead atoms. The van der Waals surface area contributed by atoms with Crippen LogP contribution in [0.2, 0.25) is 0 Å². The van der Waals surface area contributed by atoms with Gasteiger partial charge >= 0.3 is 5.82 Å². The van der Waals surface area contributed by atoms with Crippen molar-refractivity contribution in [3.8, 4) is 11.5 Å². The van der Waals surface area contributed by atoms with Crippen LogP contribution in [0.4, 0.5) is 10.1 Å². The Balaban J connectivity index is 1.52. The fraction of sp³-hybridized carbons (Fsp3) is 0.0556. The molecule has 3 N–H and O–H groups in total. The predicted octanol–water partition coefficient (Wildman–Crippen LogP) is 3.43. The Kier molecular flexibility index (Phi) is 3.99. The molecule has 7 heteroatoms. The van der Waals surface area contributed by atoms with Gasteiger partial charge in [-0.05, 0) is 29.8 Å². The lowest BCUT2D eigenvalue weighted by atomic mass is 10.1. The number of benzene rings is 2. The molecule has 0 unspecified atom stereocenters. The van der Waals surface area contributed by atoms with Crippen LogP contribution in [-0.2, 0) is 11.2 Å². The highest BCUT2D eigenvalue weighted by Gasteiger charge is 2.14. The zero-order valence-corrected chi connectivity index (χ0v) is 13.9. The number of nitrogens with one attached hydrogen (secondary N) is 3.